The highest BCUT2D eigenvalue weighted by molar-refractivity contribution is 5.29. The first-order chi connectivity index (χ1) is 10.3. The summed E-state index contributed by atoms with van der Waals surface area (Å²) in [4.78, 5) is 2.33. The first-order valence-corrected chi connectivity index (χ1v) is 7.53. The molecule has 1 aliphatic rings. The molecule has 3 rings (SSSR count). The zero-order valence-corrected chi connectivity index (χ0v) is 12.2. The monoisotopic (exact) mass is 284 g/mol. The number of hydrogen-bond acceptors (Lipinski definition) is 2. The highest BCUT2D eigenvalue weighted by Gasteiger charge is 2.15. The molecule has 0 atom stereocenters. The molecule has 0 aliphatic carbocycles. The second kappa shape index (κ2) is 6.37. The Kier molecular flexibility index (Phi) is 4.32. The van der Waals surface area contributed by atoms with E-state index in [1.165, 1.54) is 11.1 Å². The van der Waals surface area contributed by atoms with Gasteiger partial charge in [-0.2, -0.15) is 0 Å². The number of fused-ring (bicyclic) bond motifs is 1. The van der Waals surface area contributed by atoms with Gasteiger partial charge in [-0.15, -0.1) is 0 Å². The SMILES string of the molecule is NCc1ccc(CN2CCCc3ccccc3C2)c(F)c1. The summed E-state index contributed by atoms with van der Waals surface area (Å²) in [5, 5.41) is 0. The third-order valence-corrected chi connectivity index (χ3v) is 4.18. The lowest BCUT2D eigenvalue weighted by molar-refractivity contribution is 0.257. The van der Waals surface area contributed by atoms with E-state index in [0.717, 1.165) is 37.1 Å². The van der Waals surface area contributed by atoms with Crippen LogP contribution in [-0.2, 0) is 26.1 Å². The third-order valence-electron chi connectivity index (χ3n) is 4.18. The van der Waals surface area contributed by atoms with Crippen LogP contribution in [0, 0.1) is 5.82 Å². The lowest BCUT2D eigenvalue weighted by Gasteiger charge is -2.21. The lowest BCUT2D eigenvalue weighted by Crippen LogP contribution is -2.23. The molecule has 0 saturated carbocycles. The summed E-state index contributed by atoms with van der Waals surface area (Å²) in [6, 6.07) is 13.9. The van der Waals surface area contributed by atoms with Gasteiger partial charge in [0.15, 0.2) is 0 Å². The highest BCUT2D eigenvalue weighted by Crippen LogP contribution is 2.21. The molecule has 0 radical (unpaired) electrons. The topological polar surface area (TPSA) is 29.3 Å². The van der Waals surface area contributed by atoms with E-state index in [2.05, 4.69) is 29.2 Å². The largest absolute Gasteiger partial charge is 0.326 e. The van der Waals surface area contributed by atoms with Crippen molar-refractivity contribution < 1.29 is 4.39 Å². The van der Waals surface area contributed by atoms with E-state index in [1.807, 2.05) is 12.1 Å². The summed E-state index contributed by atoms with van der Waals surface area (Å²) >= 11 is 0. The number of nitrogens with zero attached hydrogens (tertiary/aromatic N) is 1. The maximum atomic E-state index is 14.1. The van der Waals surface area contributed by atoms with Gasteiger partial charge in [-0.05, 0) is 42.1 Å². The number of hydrogen-bond donors (Lipinski definition) is 1. The van der Waals surface area contributed by atoms with E-state index < -0.39 is 0 Å². The predicted octanol–water partition coefficient (Wildman–Crippen LogP) is 3.23. The van der Waals surface area contributed by atoms with Crippen molar-refractivity contribution >= 4 is 0 Å². The zero-order chi connectivity index (χ0) is 14.7. The minimum Gasteiger partial charge on any atom is -0.326 e. The van der Waals surface area contributed by atoms with E-state index >= 15 is 0 Å². The Hall–Kier alpha value is -1.71. The van der Waals surface area contributed by atoms with Crippen molar-refractivity contribution in [2.24, 2.45) is 5.73 Å². The van der Waals surface area contributed by atoms with Crippen LogP contribution in [0.25, 0.3) is 0 Å². The van der Waals surface area contributed by atoms with Gasteiger partial charge in [-0.1, -0.05) is 36.4 Å². The van der Waals surface area contributed by atoms with Crippen molar-refractivity contribution in [3.05, 3.63) is 70.5 Å². The van der Waals surface area contributed by atoms with Crippen LogP contribution < -0.4 is 5.73 Å². The zero-order valence-electron chi connectivity index (χ0n) is 12.2. The van der Waals surface area contributed by atoms with Crippen molar-refractivity contribution in [2.75, 3.05) is 6.54 Å². The Morgan fingerprint density at radius 2 is 1.90 bits per heavy atom. The van der Waals surface area contributed by atoms with Gasteiger partial charge in [-0.25, -0.2) is 4.39 Å². The Labute approximate surface area is 125 Å². The molecule has 1 aliphatic heterocycles. The van der Waals surface area contributed by atoms with E-state index in [9.17, 15) is 4.39 Å². The quantitative estimate of drug-likeness (QED) is 0.937. The molecule has 21 heavy (non-hydrogen) atoms. The van der Waals surface area contributed by atoms with E-state index in [1.54, 1.807) is 6.07 Å². The maximum Gasteiger partial charge on any atom is 0.128 e. The Morgan fingerprint density at radius 1 is 1.10 bits per heavy atom. The van der Waals surface area contributed by atoms with Crippen LogP contribution in [0.1, 0.15) is 28.7 Å². The van der Waals surface area contributed by atoms with Gasteiger partial charge in [0, 0.05) is 25.2 Å². The molecule has 0 aromatic heterocycles. The van der Waals surface area contributed by atoms with Gasteiger partial charge in [0.1, 0.15) is 5.82 Å². The molecule has 1 heterocycles. The van der Waals surface area contributed by atoms with Crippen LogP contribution in [0.15, 0.2) is 42.5 Å². The fraction of sp³-hybridized carbons (Fsp3) is 0.333. The van der Waals surface area contributed by atoms with E-state index in [0.29, 0.717) is 13.1 Å². The lowest BCUT2D eigenvalue weighted by atomic mass is 10.0. The smallest absolute Gasteiger partial charge is 0.128 e. The molecule has 2 aromatic carbocycles. The predicted molar refractivity (Wildman–Crippen MR) is 83.2 cm³/mol. The standard InChI is InChI=1S/C18H21FN2/c19-18-10-14(11-20)7-8-17(18)13-21-9-3-6-15-4-1-2-5-16(15)12-21/h1-2,4-5,7-8,10H,3,6,9,11-13,20H2. The maximum absolute atomic E-state index is 14.1. The van der Waals surface area contributed by atoms with Gasteiger partial charge in [0.25, 0.3) is 0 Å². The Bertz CT molecular complexity index is 624. The fourth-order valence-corrected chi connectivity index (χ4v) is 2.99. The van der Waals surface area contributed by atoms with Crippen LogP contribution in [0.4, 0.5) is 4.39 Å². The van der Waals surface area contributed by atoms with E-state index in [-0.39, 0.29) is 5.82 Å². The van der Waals surface area contributed by atoms with Gasteiger partial charge in [0.2, 0.25) is 0 Å². The van der Waals surface area contributed by atoms with Crippen LogP contribution >= 0.6 is 0 Å². The highest BCUT2D eigenvalue weighted by atomic mass is 19.1. The Morgan fingerprint density at radius 3 is 2.67 bits per heavy atom. The van der Waals surface area contributed by atoms with Gasteiger partial charge < -0.3 is 5.73 Å². The third kappa shape index (κ3) is 3.31. The van der Waals surface area contributed by atoms with Crippen molar-refractivity contribution in [3.8, 4) is 0 Å². The van der Waals surface area contributed by atoms with Gasteiger partial charge in [-0.3, -0.25) is 4.90 Å². The summed E-state index contributed by atoms with van der Waals surface area (Å²) in [7, 11) is 0. The summed E-state index contributed by atoms with van der Waals surface area (Å²) < 4.78 is 14.1. The first-order valence-electron chi connectivity index (χ1n) is 7.53. The number of benzene rings is 2. The molecule has 2 aromatic rings. The molecule has 0 amide bonds. The van der Waals surface area contributed by atoms with Crippen molar-refractivity contribution in [2.45, 2.75) is 32.5 Å². The summed E-state index contributed by atoms with van der Waals surface area (Å²) in [6.45, 7) is 2.94. The number of nitrogens with two attached hydrogens (primary N) is 1. The second-order valence-corrected chi connectivity index (χ2v) is 5.71. The molecular formula is C18H21FN2. The van der Waals surface area contributed by atoms with Crippen molar-refractivity contribution in [1.82, 2.24) is 4.90 Å². The number of halogens is 1. The molecule has 0 spiro atoms. The second-order valence-electron chi connectivity index (χ2n) is 5.71. The van der Waals surface area contributed by atoms with Crippen LogP contribution in [0.5, 0.6) is 0 Å². The van der Waals surface area contributed by atoms with Crippen LogP contribution in [0.2, 0.25) is 0 Å². The van der Waals surface area contributed by atoms with Crippen LogP contribution in [-0.4, -0.2) is 11.4 Å². The number of aryl methyl sites for hydroxylation is 1. The molecule has 110 valence electrons. The average Bonchev–Trinajstić information content (AvgIpc) is 2.71. The van der Waals surface area contributed by atoms with Crippen molar-refractivity contribution in [3.63, 3.8) is 0 Å². The molecule has 2 N–H and O–H groups in total. The Balaban J connectivity index is 1.76. The summed E-state index contributed by atoms with van der Waals surface area (Å²) in [5.74, 6) is -0.143. The van der Waals surface area contributed by atoms with Crippen molar-refractivity contribution in [1.29, 1.82) is 0 Å². The van der Waals surface area contributed by atoms with E-state index in [4.69, 9.17) is 5.73 Å². The van der Waals surface area contributed by atoms with Gasteiger partial charge in [0.05, 0.1) is 0 Å². The minimum absolute atomic E-state index is 0.143. The molecular weight excluding hydrogens is 263 g/mol. The first kappa shape index (κ1) is 14.2. The minimum atomic E-state index is -0.143. The van der Waals surface area contributed by atoms with Crippen LogP contribution in [0.3, 0.4) is 0 Å². The normalized spacial score (nSPS) is 15.5. The summed E-state index contributed by atoms with van der Waals surface area (Å²) in [6.07, 6.45) is 2.24. The molecule has 0 saturated heterocycles. The molecule has 0 bridgehead atoms. The molecule has 0 unspecified atom stereocenters. The molecule has 2 nitrogen and oxygen atoms in total. The number of rotatable bonds is 3. The summed E-state index contributed by atoms with van der Waals surface area (Å²) in [5.41, 5.74) is 9.95. The van der Waals surface area contributed by atoms with Gasteiger partial charge >= 0.3 is 0 Å². The molecule has 0 fully saturated rings. The average molecular weight is 284 g/mol. The molecule has 3 heteroatoms. The fourth-order valence-electron chi connectivity index (χ4n) is 2.99.